The lowest BCUT2D eigenvalue weighted by Crippen LogP contribution is -2.18. The maximum Gasteiger partial charge on any atom is 0.272 e. The fourth-order valence-electron chi connectivity index (χ4n) is 2.07. The van der Waals surface area contributed by atoms with Crippen molar-refractivity contribution in [3.05, 3.63) is 39.4 Å². The normalized spacial score (nSPS) is 17.1. The molecule has 0 aromatic heterocycles. The molecule has 1 aliphatic carbocycles. The summed E-state index contributed by atoms with van der Waals surface area (Å²) >= 11 is 0. The number of nitro benzene ring substituents is 1. The van der Waals surface area contributed by atoms with Crippen LogP contribution in [0.2, 0.25) is 0 Å². The van der Waals surface area contributed by atoms with Crippen molar-refractivity contribution in [2.75, 3.05) is 6.54 Å². The highest BCUT2D eigenvalue weighted by Gasteiger charge is 2.42. The zero-order valence-corrected chi connectivity index (χ0v) is 9.40. The van der Waals surface area contributed by atoms with E-state index in [9.17, 15) is 10.1 Å². The second kappa shape index (κ2) is 3.87. The van der Waals surface area contributed by atoms with Crippen molar-refractivity contribution in [3.8, 4) is 0 Å². The van der Waals surface area contributed by atoms with E-state index in [4.69, 9.17) is 5.73 Å². The Morgan fingerprint density at radius 1 is 1.50 bits per heavy atom. The van der Waals surface area contributed by atoms with E-state index < -0.39 is 0 Å². The van der Waals surface area contributed by atoms with E-state index >= 15 is 0 Å². The number of hydrogen-bond acceptors (Lipinski definition) is 3. The zero-order chi connectivity index (χ0) is 11.8. The summed E-state index contributed by atoms with van der Waals surface area (Å²) in [6.45, 7) is 2.58. The van der Waals surface area contributed by atoms with Gasteiger partial charge in [-0.15, -0.1) is 0 Å². The third-order valence-corrected chi connectivity index (χ3v) is 3.39. The Morgan fingerprint density at radius 3 is 2.69 bits per heavy atom. The molecule has 4 nitrogen and oxygen atoms in total. The number of aryl methyl sites for hydroxylation is 1. The lowest BCUT2D eigenvalue weighted by Gasteiger charge is -2.12. The van der Waals surface area contributed by atoms with Crippen LogP contribution < -0.4 is 5.73 Å². The van der Waals surface area contributed by atoms with Crippen LogP contribution in [0.1, 0.15) is 24.0 Å². The molecule has 2 N–H and O–H groups in total. The first-order chi connectivity index (χ1) is 7.56. The van der Waals surface area contributed by atoms with Gasteiger partial charge in [-0.2, -0.15) is 0 Å². The molecule has 0 heterocycles. The topological polar surface area (TPSA) is 69.2 Å². The van der Waals surface area contributed by atoms with Gasteiger partial charge in [0.05, 0.1) is 4.92 Å². The van der Waals surface area contributed by atoms with Crippen molar-refractivity contribution in [2.24, 2.45) is 11.1 Å². The van der Waals surface area contributed by atoms with E-state index in [-0.39, 0.29) is 16.0 Å². The number of hydrogen-bond donors (Lipinski definition) is 1. The maximum atomic E-state index is 10.9. The van der Waals surface area contributed by atoms with Gasteiger partial charge in [-0.3, -0.25) is 10.1 Å². The summed E-state index contributed by atoms with van der Waals surface area (Å²) in [6.07, 6.45) is 2.92. The van der Waals surface area contributed by atoms with Gasteiger partial charge in [-0.1, -0.05) is 11.6 Å². The Labute approximate surface area is 94.6 Å². The lowest BCUT2D eigenvalue weighted by molar-refractivity contribution is -0.385. The minimum Gasteiger partial charge on any atom is -0.330 e. The summed E-state index contributed by atoms with van der Waals surface area (Å²) in [7, 11) is 0. The molecular formula is C12H16N2O2. The molecule has 1 aromatic rings. The Bertz CT molecular complexity index is 425. The van der Waals surface area contributed by atoms with Crippen LogP contribution in [-0.2, 0) is 6.42 Å². The van der Waals surface area contributed by atoms with E-state index in [1.807, 2.05) is 13.0 Å². The Kier molecular flexibility index (Phi) is 2.68. The third kappa shape index (κ3) is 2.07. The van der Waals surface area contributed by atoms with Crippen molar-refractivity contribution in [2.45, 2.75) is 26.2 Å². The van der Waals surface area contributed by atoms with Gasteiger partial charge < -0.3 is 5.73 Å². The van der Waals surface area contributed by atoms with Crippen LogP contribution >= 0.6 is 0 Å². The van der Waals surface area contributed by atoms with E-state index in [1.165, 1.54) is 0 Å². The van der Waals surface area contributed by atoms with Crippen LogP contribution in [0.15, 0.2) is 18.2 Å². The molecule has 1 fully saturated rings. The summed E-state index contributed by atoms with van der Waals surface area (Å²) in [5.41, 5.74) is 7.97. The second-order valence-corrected chi connectivity index (χ2v) is 4.77. The highest BCUT2D eigenvalue weighted by molar-refractivity contribution is 5.43. The maximum absolute atomic E-state index is 10.9. The largest absolute Gasteiger partial charge is 0.330 e. The van der Waals surface area contributed by atoms with Crippen LogP contribution in [0.25, 0.3) is 0 Å². The monoisotopic (exact) mass is 220 g/mol. The number of rotatable bonds is 4. The van der Waals surface area contributed by atoms with Crippen LogP contribution in [0.4, 0.5) is 5.69 Å². The van der Waals surface area contributed by atoms with Crippen LogP contribution in [0.3, 0.4) is 0 Å². The molecule has 0 atom stereocenters. The average Bonchev–Trinajstić information content (AvgIpc) is 2.98. The molecule has 1 aromatic carbocycles. The van der Waals surface area contributed by atoms with Crippen molar-refractivity contribution in [1.82, 2.24) is 0 Å². The van der Waals surface area contributed by atoms with Gasteiger partial charge in [0.1, 0.15) is 0 Å². The molecule has 0 amide bonds. The van der Waals surface area contributed by atoms with Crippen molar-refractivity contribution < 1.29 is 4.92 Å². The molecule has 1 saturated carbocycles. The second-order valence-electron chi connectivity index (χ2n) is 4.77. The van der Waals surface area contributed by atoms with Gasteiger partial charge in [0.15, 0.2) is 0 Å². The SMILES string of the molecule is Cc1ccc([N+](=O)[O-])c(CC2(CN)CC2)c1. The lowest BCUT2D eigenvalue weighted by atomic mass is 9.94. The summed E-state index contributed by atoms with van der Waals surface area (Å²) in [4.78, 5) is 10.6. The number of benzene rings is 1. The fourth-order valence-corrected chi connectivity index (χ4v) is 2.07. The first-order valence-electron chi connectivity index (χ1n) is 5.50. The number of nitrogens with zero attached hydrogens (tertiary/aromatic N) is 1. The number of nitro groups is 1. The highest BCUT2D eigenvalue weighted by atomic mass is 16.6. The molecule has 0 radical (unpaired) electrons. The molecule has 4 heteroatoms. The van der Waals surface area contributed by atoms with Gasteiger partial charge in [0.2, 0.25) is 0 Å². The first-order valence-corrected chi connectivity index (χ1v) is 5.50. The van der Waals surface area contributed by atoms with E-state index in [1.54, 1.807) is 12.1 Å². The zero-order valence-electron chi connectivity index (χ0n) is 9.40. The van der Waals surface area contributed by atoms with Gasteiger partial charge in [-0.25, -0.2) is 0 Å². The molecule has 0 unspecified atom stereocenters. The Hall–Kier alpha value is -1.42. The van der Waals surface area contributed by atoms with Crippen molar-refractivity contribution in [1.29, 1.82) is 0 Å². The third-order valence-electron chi connectivity index (χ3n) is 3.39. The van der Waals surface area contributed by atoms with Crippen molar-refractivity contribution in [3.63, 3.8) is 0 Å². The van der Waals surface area contributed by atoms with E-state index in [2.05, 4.69) is 0 Å². The minimum atomic E-state index is -0.304. The first kappa shape index (κ1) is 11.1. The summed E-state index contributed by atoms with van der Waals surface area (Å²) in [5.74, 6) is 0. The minimum absolute atomic E-state index is 0.137. The Morgan fingerprint density at radius 2 is 2.19 bits per heavy atom. The van der Waals surface area contributed by atoms with Crippen LogP contribution in [0.5, 0.6) is 0 Å². The molecule has 86 valence electrons. The van der Waals surface area contributed by atoms with Gasteiger partial charge in [-0.05, 0) is 44.2 Å². The van der Waals surface area contributed by atoms with Gasteiger partial charge >= 0.3 is 0 Å². The summed E-state index contributed by atoms with van der Waals surface area (Å²) in [6, 6.07) is 5.29. The smallest absolute Gasteiger partial charge is 0.272 e. The van der Waals surface area contributed by atoms with E-state index in [0.717, 1.165) is 30.4 Å². The Balaban J connectivity index is 2.31. The molecule has 2 rings (SSSR count). The molecule has 16 heavy (non-hydrogen) atoms. The molecule has 0 bridgehead atoms. The van der Waals surface area contributed by atoms with E-state index in [0.29, 0.717) is 6.54 Å². The van der Waals surface area contributed by atoms with Crippen molar-refractivity contribution >= 4 is 5.69 Å². The van der Waals surface area contributed by atoms with Crippen LogP contribution in [-0.4, -0.2) is 11.5 Å². The van der Waals surface area contributed by atoms with Crippen LogP contribution in [0, 0.1) is 22.5 Å². The average molecular weight is 220 g/mol. The molecule has 0 saturated heterocycles. The molecule has 0 aliphatic heterocycles. The summed E-state index contributed by atoms with van der Waals surface area (Å²) in [5, 5.41) is 10.9. The molecule has 0 spiro atoms. The quantitative estimate of drug-likeness (QED) is 0.624. The van der Waals surface area contributed by atoms with Gasteiger partial charge in [0, 0.05) is 11.6 Å². The summed E-state index contributed by atoms with van der Waals surface area (Å²) < 4.78 is 0. The predicted octanol–water partition coefficient (Wildman–Crippen LogP) is 2.18. The predicted molar refractivity (Wildman–Crippen MR) is 62.3 cm³/mol. The number of nitrogens with two attached hydrogens (primary N) is 1. The molecular weight excluding hydrogens is 204 g/mol. The van der Waals surface area contributed by atoms with Gasteiger partial charge in [0.25, 0.3) is 5.69 Å². The standard InChI is InChI=1S/C12H16N2O2/c1-9-2-3-11(14(15)16)10(6-9)7-12(8-13)4-5-12/h2-3,6H,4-5,7-8,13H2,1H3. The fraction of sp³-hybridized carbons (Fsp3) is 0.500. The molecule has 1 aliphatic rings. The highest BCUT2D eigenvalue weighted by Crippen LogP contribution is 2.48.